The fraction of sp³-hybridized carbons (Fsp3) is 0.571. The molecule has 22 heavy (non-hydrogen) atoms. The van der Waals surface area contributed by atoms with Gasteiger partial charge in [-0.2, -0.15) is 0 Å². The van der Waals surface area contributed by atoms with Crippen molar-refractivity contribution in [3.05, 3.63) is 25.3 Å². The summed E-state index contributed by atoms with van der Waals surface area (Å²) < 4.78 is 32.6. The third kappa shape index (κ3) is 8.77. The maximum Gasteiger partial charge on any atom is 0.330 e. The van der Waals surface area contributed by atoms with Gasteiger partial charge in [0.1, 0.15) is 12.2 Å². The molecular weight excluding hydrogens is 311 g/mol. The van der Waals surface area contributed by atoms with Crippen molar-refractivity contribution < 1.29 is 32.7 Å². The summed E-state index contributed by atoms with van der Waals surface area (Å²) in [5, 5.41) is 0. The van der Waals surface area contributed by atoms with Crippen molar-refractivity contribution in [1.29, 1.82) is 0 Å². The van der Waals surface area contributed by atoms with Gasteiger partial charge in [0.25, 0.3) is 0 Å². The van der Waals surface area contributed by atoms with Gasteiger partial charge in [-0.15, -0.1) is 0 Å². The molecule has 0 aliphatic heterocycles. The predicted octanol–water partition coefficient (Wildman–Crippen LogP) is 2.47. The van der Waals surface area contributed by atoms with Crippen LogP contribution in [-0.2, 0) is 32.7 Å². The lowest BCUT2D eigenvalue weighted by Gasteiger charge is -2.21. The van der Waals surface area contributed by atoms with Crippen LogP contribution in [0.15, 0.2) is 25.3 Å². The summed E-state index contributed by atoms with van der Waals surface area (Å²) >= 11 is 0. The van der Waals surface area contributed by atoms with E-state index in [1.807, 2.05) is 0 Å². The molecule has 0 bridgehead atoms. The summed E-state index contributed by atoms with van der Waals surface area (Å²) in [4.78, 5) is 22.0. The first-order valence-corrected chi connectivity index (χ1v) is 8.53. The van der Waals surface area contributed by atoms with Crippen LogP contribution in [-0.4, -0.2) is 43.5 Å². The highest BCUT2D eigenvalue weighted by Gasteiger charge is 2.25. The largest absolute Gasteiger partial charge is 0.457 e. The summed E-state index contributed by atoms with van der Waals surface area (Å²) in [6.07, 6.45) is 1.01. The van der Waals surface area contributed by atoms with E-state index >= 15 is 0 Å². The minimum Gasteiger partial charge on any atom is -0.457 e. The molecule has 0 aliphatic rings. The van der Waals surface area contributed by atoms with E-state index < -0.39 is 31.7 Å². The molecule has 0 aromatic heterocycles. The van der Waals surface area contributed by atoms with Crippen molar-refractivity contribution in [3.8, 4) is 0 Å². The summed E-state index contributed by atoms with van der Waals surface area (Å²) in [7, 11) is -3.35. The van der Waals surface area contributed by atoms with Crippen LogP contribution in [0.3, 0.4) is 0 Å². The Morgan fingerprint density at radius 1 is 1.00 bits per heavy atom. The van der Waals surface area contributed by atoms with Gasteiger partial charge in [-0.25, -0.2) is 9.59 Å². The number of hydrogen-bond acceptors (Lipinski definition) is 7. The molecule has 7 nitrogen and oxygen atoms in total. The zero-order chi connectivity index (χ0) is 17.2. The molecule has 0 saturated carbocycles. The molecule has 0 aromatic rings. The molecule has 0 amide bonds. The normalized spacial score (nSPS) is 16.0. The van der Waals surface area contributed by atoms with Crippen LogP contribution in [0.2, 0.25) is 0 Å². The van der Waals surface area contributed by atoms with Gasteiger partial charge in [0.2, 0.25) is 0 Å². The van der Waals surface area contributed by atoms with Crippen LogP contribution in [0.1, 0.15) is 20.8 Å². The van der Waals surface area contributed by atoms with E-state index in [0.717, 1.165) is 12.2 Å². The molecule has 126 valence electrons. The Morgan fingerprint density at radius 3 is 1.64 bits per heavy atom. The molecule has 0 N–H and O–H groups in total. The number of rotatable bonds is 11. The Hall–Kier alpha value is -1.43. The zero-order valence-electron chi connectivity index (χ0n) is 13.1. The second-order valence-electron chi connectivity index (χ2n) is 4.42. The fourth-order valence-corrected chi connectivity index (χ4v) is 2.53. The highest BCUT2D eigenvalue weighted by atomic mass is 31.2. The van der Waals surface area contributed by atoms with E-state index in [-0.39, 0.29) is 19.4 Å². The van der Waals surface area contributed by atoms with E-state index in [0.29, 0.717) is 0 Å². The predicted molar refractivity (Wildman–Crippen MR) is 81.6 cm³/mol. The lowest BCUT2D eigenvalue weighted by molar-refractivity contribution is -0.143. The Morgan fingerprint density at radius 2 is 1.36 bits per heavy atom. The van der Waals surface area contributed by atoms with Gasteiger partial charge in [0, 0.05) is 18.3 Å². The smallest absolute Gasteiger partial charge is 0.330 e. The second kappa shape index (κ2) is 10.3. The molecule has 0 fully saturated rings. The number of hydrogen-bond donors (Lipinski definition) is 0. The topological polar surface area (TPSA) is 88.1 Å². The molecule has 0 heterocycles. The monoisotopic (exact) mass is 334 g/mol. The van der Waals surface area contributed by atoms with Crippen molar-refractivity contribution in [1.82, 2.24) is 0 Å². The van der Waals surface area contributed by atoms with Gasteiger partial charge in [0.15, 0.2) is 0 Å². The van der Waals surface area contributed by atoms with Crippen molar-refractivity contribution in [3.63, 3.8) is 0 Å². The molecule has 8 heteroatoms. The van der Waals surface area contributed by atoms with Gasteiger partial charge in [0.05, 0.1) is 13.2 Å². The minimum absolute atomic E-state index is 0.0779. The number of carbonyl (C=O) groups is 2. The number of ether oxygens (including phenoxy) is 2. The van der Waals surface area contributed by atoms with E-state index in [2.05, 4.69) is 13.2 Å². The molecule has 2 unspecified atom stereocenters. The summed E-state index contributed by atoms with van der Waals surface area (Å²) in [6.45, 7) is 11.2. The summed E-state index contributed by atoms with van der Waals surface area (Å²) in [6, 6.07) is 0. The van der Waals surface area contributed by atoms with E-state index in [4.69, 9.17) is 18.5 Å². The zero-order valence-corrected chi connectivity index (χ0v) is 14.0. The SMILES string of the molecule is C=CC(=O)OC(C)COP(=O)(CC)OCC(C)OC(=O)C=C. The van der Waals surface area contributed by atoms with Crippen molar-refractivity contribution in [2.24, 2.45) is 0 Å². The lowest BCUT2D eigenvalue weighted by Crippen LogP contribution is -2.21. The maximum absolute atomic E-state index is 12.3. The van der Waals surface area contributed by atoms with Crippen LogP contribution in [0.25, 0.3) is 0 Å². The van der Waals surface area contributed by atoms with Crippen LogP contribution in [0, 0.1) is 0 Å². The van der Waals surface area contributed by atoms with E-state index in [9.17, 15) is 14.2 Å². The Labute approximate surface area is 130 Å². The third-order valence-corrected chi connectivity index (χ3v) is 4.23. The van der Waals surface area contributed by atoms with Crippen LogP contribution in [0.5, 0.6) is 0 Å². The van der Waals surface area contributed by atoms with Crippen molar-refractivity contribution in [2.75, 3.05) is 19.4 Å². The first kappa shape index (κ1) is 20.6. The van der Waals surface area contributed by atoms with Gasteiger partial charge in [-0.05, 0) is 13.8 Å². The quantitative estimate of drug-likeness (QED) is 0.326. The van der Waals surface area contributed by atoms with Gasteiger partial charge < -0.3 is 18.5 Å². The van der Waals surface area contributed by atoms with Gasteiger partial charge >= 0.3 is 19.5 Å². The van der Waals surface area contributed by atoms with Crippen molar-refractivity contribution >= 4 is 19.5 Å². The van der Waals surface area contributed by atoms with Crippen molar-refractivity contribution in [2.45, 2.75) is 33.0 Å². The highest BCUT2D eigenvalue weighted by molar-refractivity contribution is 7.53. The Kier molecular flexibility index (Phi) is 9.65. The first-order valence-electron chi connectivity index (χ1n) is 6.80. The Balaban J connectivity index is 4.31. The van der Waals surface area contributed by atoms with Gasteiger partial charge in [-0.1, -0.05) is 20.1 Å². The van der Waals surface area contributed by atoms with E-state index in [1.54, 1.807) is 20.8 Å². The molecular formula is C14H23O7P. The van der Waals surface area contributed by atoms with Crippen LogP contribution < -0.4 is 0 Å². The molecule has 0 radical (unpaired) electrons. The minimum atomic E-state index is -3.35. The molecule has 0 aromatic carbocycles. The second-order valence-corrected chi connectivity index (χ2v) is 6.79. The molecule has 0 aliphatic carbocycles. The standard InChI is InChI=1S/C14H23O7P/c1-6-13(15)20-11(4)9-18-22(17,8-3)19-10-12(5)21-14(16)7-2/h6-7,11-12H,1-2,8-10H2,3-5H3. The van der Waals surface area contributed by atoms with Gasteiger partial charge in [-0.3, -0.25) is 4.57 Å². The number of esters is 2. The lowest BCUT2D eigenvalue weighted by atomic mass is 10.4. The summed E-state index contributed by atoms with van der Waals surface area (Å²) in [5.41, 5.74) is 0. The Bertz CT molecular complexity index is 410. The average Bonchev–Trinajstić information content (AvgIpc) is 2.50. The third-order valence-electron chi connectivity index (χ3n) is 2.37. The maximum atomic E-state index is 12.3. The van der Waals surface area contributed by atoms with E-state index in [1.165, 1.54) is 0 Å². The number of carbonyl (C=O) groups excluding carboxylic acids is 2. The molecule has 0 spiro atoms. The molecule has 0 saturated heterocycles. The summed E-state index contributed by atoms with van der Waals surface area (Å²) in [5.74, 6) is -1.18. The van der Waals surface area contributed by atoms with Crippen LogP contribution >= 0.6 is 7.60 Å². The molecule has 2 atom stereocenters. The first-order chi connectivity index (χ1) is 10.3. The fourth-order valence-electron chi connectivity index (χ4n) is 1.22. The molecule has 0 rings (SSSR count). The average molecular weight is 334 g/mol. The highest BCUT2D eigenvalue weighted by Crippen LogP contribution is 2.47. The van der Waals surface area contributed by atoms with Crippen LogP contribution in [0.4, 0.5) is 0 Å².